The smallest absolute Gasteiger partial charge is 0.416 e. The molecule has 2 N–H and O–H groups in total. The Kier molecular flexibility index (Phi) is 7.16. The van der Waals surface area contributed by atoms with Gasteiger partial charge in [0, 0.05) is 34.6 Å². The Hall–Kier alpha value is -3.76. The monoisotopic (exact) mass is 627 g/mol. The standard InChI is InChI=1S/C33H33ClF3N3O4/c1-31(2,3)15-26-32(16-38-23-14-21(34)9-10-22(23)32)27(18-6-5-7-20(12-18)33(35,36)37)28-29(41)39(17-40(26)28)24-11-8-19(30(42)43)13-25(24)44-4/h5-14,26-28,38H,15-17H2,1-4H3,(H,42,43)/t26-,27-,28+,32-/m0/s1. The Labute approximate surface area is 258 Å². The maximum absolute atomic E-state index is 14.6. The minimum atomic E-state index is -4.56. The number of carboxylic acid groups (broad SMARTS) is 1. The number of nitrogens with one attached hydrogen (secondary N) is 1. The first-order valence-corrected chi connectivity index (χ1v) is 14.7. The van der Waals surface area contributed by atoms with Crippen molar-refractivity contribution in [1.82, 2.24) is 4.90 Å². The number of ether oxygens (including phenoxy) is 1. The predicted octanol–water partition coefficient (Wildman–Crippen LogP) is 7.01. The Morgan fingerprint density at radius 1 is 1.11 bits per heavy atom. The largest absolute Gasteiger partial charge is 0.495 e. The lowest BCUT2D eigenvalue weighted by atomic mass is 9.62. The van der Waals surface area contributed by atoms with Crippen molar-refractivity contribution >= 4 is 34.9 Å². The van der Waals surface area contributed by atoms with Crippen LogP contribution in [0.2, 0.25) is 5.02 Å². The number of anilines is 2. The van der Waals surface area contributed by atoms with Gasteiger partial charge in [0.05, 0.1) is 36.6 Å². The lowest BCUT2D eigenvalue weighted by Gasteiger charge is -2.42. The molecule has 3 aromatic rings. The molecule has 0 bridgehead atoms. The van der Waals surface area contributed by atoms with Crippen LogP contribution in [0.25, 0.3) is 0 Å². The van der Waals surface area contributed by atoms with Crippen molar-refractivity contribution in [2.24, 2.45) is 5.41 Å². The maximum Gasteiger partial charge on any atom is 0.416 e. The van der Waals surface area contributed by atoms with E-state index in [1.54, 1.807) is 23.1 Å². The molecule has 2 saturated heterocycles. The van der Waals surface area contributed by atoms with Crippen LogP contribution in [0.15, 0.2) is 60.7 Å². The van der Waals surface area contributed by atoms with Crippen LogP contribution < -0.4 is 15.0 Å². The van der Waals surface area contributed by atoms with Crippen LogP contribution in [0.3, 0.4) is 0 Å². The Morgan fingerprint density at radius 2 is 1.86 bits per heavy atom. The van der Waals surface area contributed by atoms with E-state index in [0.29, 0.717) is 29.2 Å². The second-order valence-corrected chi connectivity index (χ2v) is 13.5. The minimum absolute atomic E-state index is 0.0106. The van der Waals surface area contributed by atoms with Crippen molar-refractivity contribution in [3.05, 3.63) is 87.9 Å². The zero-order valence-electron chi connectivity index (χ0n) is 24.7. The van der Waals surface area contributed by atoms with Gasteiger partial charge in [0.25, 0.3) is 0 Å². The average Bonchev–Trinajstić information content (AvgIpc) is 3.57. The van der Waals surface area contributed by atoms with E-state index in [4.69, 9.17) is 16.3 Å². The molecule has 0 saturated carbocycles. The lowest BCUT2D eigenvalue weighted by Crippen LogP contribution is -2.49. The number of aromatic carboxylic acids is 1. The molecule has 3 aliphatic heterocycles. The normalized spacial score (nSPS) is 24.9. The SMILES string of the molecule is COc1cc(C(=O)O)ccc1N1CN2[C@@H](CC(C)(C)C)[C@@]3(CNc4cc(Cl)ccc43)[C@@H](c3cccc(C(F)(F)F)c3)[C@@H]2C1=O. The number of hydrogen-bond donors (Lipinski definition) is 2. The molecule has 11 heteroatoms. The van der Waals surface area contributed by atoms with Gasteiger partial charge in [-0.2, -0.15) is 13.2 Å². The summed E-state index contributed by atoms with van der Waals surface area (Å²) < 4.78 is 47.6. The van der Waals surface area contributed by atoms with Crippen LogP contribution in [0.1, 0.15) is 60.2 Å². The van der Waals surface area contributed by atoms with Crippen LogP contribution in [0, 0.1) is 5.41 Å². The zero-order valence-corrected chi connectivity index (χ0v) is 25.5. The van der Waals surface area contributed by atoms with Crippen molar-refractivity contribution in [2.45, 2.75) is 56.8 Å². The van der Waals surface area contributed by atoms with Crippen molar-refractivity contribution in [1.29, 1.82) is 0 Å². The molecule has 2 fully saturated rings. The number of amides is 1. The van der Waals surface area contributed by atoms with Crippen LogP contribution >= 0.6 is 11.6 Å². The van der Waals surface area contributed by atoms with E-state index < -0.39 is 35.1 Å². The number of nitrogens with zero attached hydrogens (tertiary/aromatic N) is 2. The molecule has 0 aliphatic carbocycles. The molecule has 4 atom stereocenters. The van der Waals surface area contributed by atoms with Crippen LogP contribution in [-0.2, 0) is 16.4 Å². The van der Waals surface area contributed by atoms with Gasteiger partial charge >= 0.3 is 12.1 Å². The number of alkyl halides is 3. The number of halogens is 4. The average molecular weight is 628 g/mol. The summed E-state index contributed by atoms with van der Waals surface area (Å²) in [6, 6.07) is 14.2. The highest BCUT2D eigenvalue weighted by Gasteiger charge is 2.67. The van der Waals surface area contributed by atoms with Gasteiger partial charge in [-0.25, -0.2) is 4.79 Å². The number of carbonyl (C=O) groups excluding carboxylic acids is 1. The summed E-state index contributed by atoms with van der Waals surface area (Å²) in [5.74, 6) is -1.84. The summed E-state index contributed by atoms with van der Waals surface area (Å²) in [5, 5.41) is 13.5. The van der Waals surface area contributed by atoms with E-state index in [-0.39, 0.29) is 35.3 Å². The fourth-order valence-corrected chi connectivity index (χ4v) is 7.68. The molecule has 6 rings (SSSR count). The third kappa shape index (κ3) is 4.79. The molecule has 3 aromatic carbocycles. The van der Waals surface area contributed by atoms with Gasteiger partial charge < -0.3 is 15.2 Å². The van der Waals surface area contributed by atoms with Gasteiger partial charge in [0.15, 0.2) is 0 Å². The second kappa shape index (κ2) is 10.4. The molecule has 3 aliphatic rings. The van der Waals surface area contributed by atoms with Crippen LogP contribution in [0.5, 0.6) is 5.75 Å². The minimum Gasteiger partial charge on any atom is -0.495 e. The third-order valence-electron chi connectivity index (χ3n) is 9.20. The zero-order chi connectivity index (χ0) is 31.8. The molecule has 0 radical (unpaired) electrons. The summed E-state index contributed by atoms with van der Waals surface area (Å²) in [7, 11) is 1.40. The number of benzene rings is 3. The first-order valence-electron chi connectivity index (χ1n) is 14.4. The number of hydrogen-bond acceptors (Lipinski definition) is 5. The van der Waals surface area contributed by atoms with Crippen molar-refractivity contribution in [3.8, 4) is 5.75 Å². The topological polar surface area (TPSA) is 82.1 Å². The first-order chi connectivity index (χ1) is 20.7. The van der Waals surface area contributed by atoms with Gasteiger partial charge in [0.1, 0.15) is 5.75 Å². The maximum atomic E-state index is 14.6. The first kappa shape index (κ1) is 30.3. The fraction of sp³-hybridized carbons (Fsp3) is 0.394. The van der Waals surface area contributed by atoms with Gasteiger partial charge in [0.2, 0.25) is 5.91 Å². The highest BCUT2D eigenvalue weighted by atomic mass is 35.5. The summed E-state index contributed by atoms with van der Waals surface area (Å²) >= 11 is 6.37. The van der Waals surface area contributed by atoms with Crippen molar-refractivity contribution in [3.63, 3.8) is 0 Å². The number of carboxylic acids is 1. The molecule has 0 unspecified atom stereocenters. The van der Waals surface area contributed by atoms with Gasteiger partial charge in [-0.1, -0.05) is 56.6 Å². The van der Waals surface area contributed by atoms with E-state index >= 15 is 0 Å². The van der Waals surface area contributed by atoms with Gasteiger partial charge in [-0.15, -0.1) is 0 Å². The number of rotatable bonds is 5. The third-order valence-corrected chi connectivity index (χ3v) is 9.43. The van der Waals surface area contributed by atoms with E-state index in [2.05, 4.69) is 31.0 Å². The molecule has 44 heavy (non-hydrogen) atoms. The number of fused-ring (bicyclic) bond motifs is 3. The number of carbonyl (C=O) groups is 2. The van der Waals surface area contributed by atoms with E-state index in [1.807, 2.05) is 12.1 Å². The van der Waals surface area contributed by atoms with E-state index in [0.717, 1.165) is 17.3 Å². The molecule has 0 aromatic heterocycles. The Bertz CT molecular complexity index is 1660. The number of methoxy groups -OCH3 is 1. The molecular formula is C33H33ClF3N3O4. The quantitative estimate of drug-likeness (QED) is 0.317. The molecular weight excluding hydrogens is 595 g/mol. The van der Waals surface area contributed by atoms with Crippen molar-refractivity contribution in [2.75, 3.05) is 30.5 Å². The van der Waals surface area contributed by atoms with Crippen LogP contribution in [0.4, 0.5) is 24.5 Å². The molecule has 3 heterocycles. The Morgan fingerprint density at radius 3 is 2.52 bits per heavy atom. The highest BCUT2D eigenvalue weighted by molar-refractivity contribution is 6.30. The van der Waals surface area contributed by atoms with Crippen molar-refractivity contribution < 1.29 is 32.6 Å². The fourth-order valence-electron chi connectivity index (χ4n) is 7.51. The van der Waals surface area contributed by atoms with Crippen LogP contribution in [-0.4, -0.2) is 54.3 Å². The van der Waals surface area contributed by atoms with E-state index in [1.165, 1.54) is 31.4 Å². The summed E-state index contributed by atoms with van der Waals surface area (Å²) in [6.07, 6.45) is -3.91. The molecule has 232 valence electrons. The van der Waals surface area contributed by atoms with E-state index in [9.17, 15) is 27.9 Å². The molecule has 1 spiro atoms. The lowest BCUT2D eigenvalue weighted by molar-refractivity contribution is -0.137. The van der Waals surface area contributed by atoms with Gasteiger partial charge in [-0.3, -0.25) is 14.6 Å². The predicted molar refractivity (Wildman–Crippen MR) is 162 cm³/mol. The summed E-state index contributed by atoms with van der Waals surface area (Å²) in [5.41, 5.74) is 0.862. The second-order valence-electron chi connectivity index (χ2n) is 13.0. The molecule has 1 amide bonds. The summed E-state index contributed by atoms with van der Waals surface area (Å²) in [6.45, 7) is 6.92. The van der Waals surface area contributed by atoms with Gasteiger partial charge in [-0.05, 0) is 59.4 Å². The summed E-state index contributed by atoms with van der Waals surface area (Å²) in [4.78, 5) is 29.9. The Balaban J connectivity index is 1.56. The highest BCUT2D eigenvalue weighted by Crippen LogP contribution is 2.61. The molecule has 7 nitrogen and oxygen atoms in total.